The third kappa shape index (κ3) is 3.56. The first-order chi connectivity index (χ1) is 9.22. The number of aromatic nitrogens is 2. The van der Waals surface area contributed by atoms with E-state index in [1.54, 1.807) is 16.8 Å². The normalized spacial score (nSPS) is 15.4. The largest absolute Gasteiger partial charge is 0.469 e. The molecule has 2 amide bonds. The summed E-state index contributed by atoms with van der Waals surface area (Å²) < 4.78 is 5.55. The monoisotopic (exact) mass is 284 g/mol. The molecule has 1 aliphatic heterocycles. The molecule has 2 heterocycles. The van der Waals surface area contributed by atoms with Gasteiger partial charge >= 0.3 is 6.03 Å². The molecule has 0 aromatic carbocycles. The zero-order valence-corrected chi connectivity index (χ0v) is 12.3. The SMILES string of the molecule is CCCCCCOc1nnc(N2CCN(C)C2=O)s1. The molecule has 2 rings (SSSR count). The van der Waals surface area contributed by atoms with Crippen molar-refractivity contribution in [3.05, 3.63) is 0 Å². The van der Waals surface area contributed by atoms with Gasteiger partial charge in [-0.05, 0) is 17.8 Å². The second-order valence-corrected chi connectivity index (χ2v) is 5.53. The number of nitrogens with zero attached hydrogens (tertiary/aromatic N) is 4. The average Bonchev–Trinajstić information content (AvgIpc) is 2.98. The molecule has 1 fully saturated rings. The Bertz CT molecular complexity index is 424. The van der Waals surface area contributed by atoms with Gasteiger partial charge in [-0.15, -0.1) is 5.10 Å². The van der Waals surface area contributed by atoms with Gasteiger partial charge in [0.2, 0.25) is 5.13 Å². The minimum Gasteiger partial charge on any atom is -0.469 e. The fourth-order valence-corrected chi connectivity index (χ4v) is 2.62. The van der Waals surface area contributed by atoms with Gasteiger partial charge in [0.15, 0.2) is 0 Å². The maximum absolute atomic E-state index is 11.8. The fourth-order valence-electron chi connectivity index (χ4n) is 1.88. The molecule has 6 nitrogen and oxygen atoms in total. The van der Waals surface area contributed by atoms with Crippen molar-refractivity contribution in [1.82, 2.24) is 15.1 Å². The summed E-state index contributed by atoms with van der Waals surface area (Å²) in [4.78, 5) is 15.1. The van der Waals surface area contributed by atoms with Gasteiger partial charge in [0.05, 0.1) is 6.61 Å². The van der Waals surface area contributed by atoms with Gasteiger partial charge < -0.3 is 9.64 Å². The van der Waals surface area contributed by atoms with Crippen molar-refractivity contribution in [2.24, 2.45) is 0 Å². The topological polar surface area (TPSA) is 58.6 Å². The molecular formula is C12H20N4O2S. The van der Waals surface area contributed by atoms with Crippen LogP contribution in [0.3, 0.4) is 0 Å². The number of unbranched alkanes of at least 4 members (excludes halogenated alkanes) is 3. The Kier molecular flexibility index (Phi) is 4.95. The molecule has 1 aromatic heterocycles. The molecule has 7 heteroatoms. The van der Waals surface area contributed by atoms with Crippen LogP contribution in [-0.4, -0.2) is 47.9 Å². The van der Waals surface area contributed by atoms with Gasteiger partial charge in [0, 0.05) is 20.1 Å². The third-order valence-corrected chi connectivity index (χ3v) is 3.93. The Balaban J connectivity index is 1.80. The van der Waals surface area contributed by atoms with Crippen LogP contribution in [0.25, 0.3) is 0 Å². The number of hydrogen-bond donors (Lipinski definition) is 0. The van der Waals surface area contributed by atoms with Crippen molar-refractivity contribution in [2.75, 3.05) is 31.6 Å². The summed E-state index contributed by atoms with van der Waals surface area (Å²) in [6.07, 6.45) is 4.67. The number of amides is 2. The molecule has 0 aliphatic carbocycles. The van der Waals surface area contributed by atoms with Crippen LogP contribution in [0.4, 0.5) is 9.93 Å². The summed E-state index contributed by atoms with van der Waals surface area (Å²) in [5, 5.41) is 9.16. The second-order valence-electron chi connectivity index (χ2n) is 4.62. The Morgan fingerprint density at radius 1 is 1.26 bits per heavy atom. The number of urea groups is 1. The lowest BCUT2D eigenvalue weighted by Crippen LogP contribution is -2.29. The Labute approximate surface area is 117 Å². The van der Waals surface area contributed by atoms with Crippen molar-refractivity contribution in [3.63, 3.8) is 0 Å². The van der Waals surface area contributed by atoms with Crippen molar-refractivity contribution in [2.45, 2.75) is 32.6 Å². The summed E-state index contributed by atoms with van der Waals surface area (Å²) in [7, 11) is 1.79. The smallest absolute Gasteiger partial charge is 0.326 e. The lowest BCUT2D eigenvalue weighted by molar-refractivity contribution is 0.229. The molecule has 19 heavy (non-hydrogen) atoms. The summed E-state index contributed by atoms with van der Waals surface area (Å²) >= 11 is 1.33. The standard InChI is InChI=1S/C12H20N4O2S/c1-3-4-5-6-9-18-11-14-13-10(19-11)16-8-7-15(2)12(16)17/h3-9H2,1-2H3. The number of carbonyl (C=O) groups is 1. The Hall–Kier alpha value is -1.37. The predicted octanol–water partition coefficient (Wildman–Crippen LogP) is 2.37. The first-order valence-corrected chi connectivity index (χ1v) is 7.53. The lowest BCUT2D eigenvalue weighted by atomic mass is 10.2. The van der Waals surface area contributed by atoms with Crippen LogP contribution in [0, 0.1) is 0 Å². The number of anilines is 1. The third-order valence-electron chi connectivity index (χ3n) is 3.07. The summed E-state index contributed by atoms with van der Waals surface area (Å²) in [5.41, 5.74) is 0. The number of carbonyl (C=O) groups excluding carboxylic acids is 1. The van der Waals surface area contributed by atoms with E-state index in [-0.39, 0.29) is 6.03 Å². The minimum atomic E-state index is -0.0226. The van der Waals surface area contributed by atoms with Gasteiger partial charge in [0.1, 0.15) is 0 Å². The van der Waals surface area contributed by atoms with E-state index in [1.807, 2.05) is 0 Å². The number of rotatable bonds is 7. The van der Waals surface area contributed by atoms with Crippen LogP contribution >= 0.6 is 11.3 Å². The highest BCUT2D eigenvalue weighted by Crippen LogP contribution is 2.28. The Morgan fingerprint density at radius 3 is 2.79 bits per heavy atom. The van der Waals surface area contributed by atoms with Crippen LogP contribution in [0.5, 0.6) is 5.19 Å². The maximum Gasteiger partial charge on any atom is 0.326 e. The molecule has 0 N–H and O–H groups in total. The quantitative estimate of drug-likeness (QED) is 0.721. The van der Waals surface area contributed by atoms with Crippen molar-refractivity contribution in [1.29, 1.82) is 0 Å². The van der Waals surface area contributed by atoms with Crippen LogP contribution in [-0.2, 0) is 0 Å². The molecule has 1 aliphatic rings. The molecule has 1 saturated heterocycles. The van der Waals surface area contributed by atoms with Crippen LogP contribution in [0.1, 0.15) is 32.6 Å². The van der Waals surface area contributed by atoms with Crippen LogP contribution in [0.15, 0.2) is 0 Å². The molecule has 0 spiro atoms. The molecule has 1 aromatic rings. The van der Waals surface area contributed by atoms with Gasteiger partial charge in [0.25, 0.3) is 5.19 Å². The summed E-state index contributed by atoms with van der Waals surface area (Å²) in [6, 6.07) is -0.0226. The number of likely N-dealkylation sites (N-methyl/N-ethyl adjacent to an activating group) is 1. The summed E-state index contributed by atoms with van der Waals surface area (Å²) in [6.45, 7) is 4.25. The second kappa shape index (κ2) is 6.70. The van der Waals surface area contributed by atoms with Crippen molar-refractivity contribution >= 4 is 22.5 Å². The zero-order chi connectivity index (χ0) is 13.7. The van der Waals surface area contributed by atoms with E-state index in [1.165, 1.54) is 30.6 Å². The Morgan fingerprint density at radius 2 is 2.11 bits per heavy atom. The van der Waals surface area contributed by atoms with Gasteiger partial charge in [-0.25, -0.2) is 4.79 Å². The van der Waals surface area contributed by atoms with Crippen molar-refractivity contribution < 1.29 is 9.53 Å². The molecule has 0 atom stereocenters. The van der Waals surface area contributed by atoms with Gasteiger partial charge in [-0.3, -0.25) is 4.90 Å². The zero-order valence-electron chi connectivity index (χ0n) is 11.5. The van der Waals surface area contributed by atoms with E-state index in [0.717, 1.165) is 13.0 Å². The lowest BCUT2D eigenvalue weighted by Gasteiger charge is -2.10. The predicted molar refractivity (Wildman–Crippen MR) is 74.9 cm³/mol. The van der Waals surface area contributed by atoms with E-state index in [4.69, 9.17) is 4.74 Å². The first-order valence-electron chi connectivity index (χ1n) is 6.71. The first kappa shape index (κ1) is 14.0. The van der Waals surface area contributed by atoms with Crippen LogP contribution in [0.2, 0.25) is 0 Å². The highest BCUT2D eigenvalue weighted by atomic mass is 32.1. The van der Waals surface area contributed by atoms with Gasteiger partial charge in [-0.2, -0.15) is 0 Å². The molecule has 0 radical (unpaired) electrons. The minimum absolute atomic E-state index is 0.0226. The molecule has 0 unspecified atom stereocenters. The van der Waals surface area contributed by atoms with E-state index >= 15 is 0 Å². The maximum atomic E-state index is 11.8. The van der Waals surface area contributed by atoms with E-state index < -0.39 is 0 Å². The molecule has 0 saturated carbocycles. The van der Waals surface area contributed by atoms with Gasteiger partial charge in [-0.1, -0.05) is 31.3 Å². The number of ether oxygens (including phenoxy) is 1. The number of hydrogen-bond acceptors (Lipinski definition) is 5. The van der Waals surface area contributed by atoms with E-state index in [9.17, 15) is 4.79 Å². The average molecular weight is 284 g/mol. The van der Waals surface area contributed by atoms with Crippen molar-refractivity contribution in [3.8, 4) is 5.19 Å². The van der Waals surface area contributed by atoms with E-state index in [0.29, 0.717) is 23.5 Å². The highest BCUT2D eigenvalue weighted by molar-refractivity contribution is 7.17. The van der Waals surface area contributed by atoms with Crippen LogP contribution < -0.4 is 9.64 Å². The molecular weight excluding hydrogens is 264 g/mol. The molecule has 106 valence electrons. The fraction of sp³-hybridized carbons (Fsp3) is 0.750. The highest BCUT2D eigenvalue weighted by Gasteiger charge is 2.29. The summed E-state index contributed by atoms with van der Waals surface area (Å²) in [5.74, 6) is 0. The van der Waals surface area contributed by atoms with E-state index in [2.05, 4.69) is 17.1 Å². The molecule has 0 bridgehead atoms.